The number of pyridine rings is 1. The molecule has 0 fully saturated rings. The van der Waals surface area contributed by atoms with Gasteiger partial charge in [0.05, 0.1) is 11.4 Å². The Hall–Kier alpha value is -2.63. The van der Waals surface area contributed by atoms with Crippen molar-refractivity contribution in [3.8, 4) is 5.75 Å². The van der Waals surface area contributed by atoms with E-state index in [2.05, 4.69) is 10.1 Å². The molecule has 22 heavy (non-hydrogen) atoms. The van der Waals surface area contributed by atoms with Gasteiger partial charge >= 0.3 is 0 Å². The molecule has 0 atom stereocenters. The molecule has 0 radical (unpaired) electrons. The number of aromatic nitrogens is 4. The maximum absolute atomic E-state index is 12.1. The monoisotopic (exact) mass is 298 g/mol. The minimum atomic E-state index is -0.108. The fourth-order valence-corrected chi connectivity index (χ4v) is 2.44. The third-order valence-corrected chi connectivity index (χ3v) is 3.68. The van der Waals surface area contributed by atoms with Crippen molar-refractivity contribution in [3.05, 3.63) is 57.4 Å². The average Bonchev–Trinajstić information content (AvgIpc) is 2.69. The van der Waals surface area contributed by atoms with Gasteiger partial charge in [0.25, 0.3) is 5.56 Å². The zero-order chi connectivity index (χ0) is 15.9. The summed E-state index contributed by atoms with van der Waals surface area (Å²) in [4.78, 5) is 16.6. The molecule has 0 spiro atoms. The second-order valence-electron chi connectivity index (χ2n) is 5.43. The van der Waals surface area contributed by atoms with Gasteiger partial charge in [0, 0.05) is 19.3 Å². The molecule has 0 bridgehead atoms. The molecular weight excluding hydrogens is 280 g/mol. The van der Waals surface area contributed by atoms with Gasteiger partial charge < -0.3 is 4.74 Å². The molecule has 114 valence electrons. The molecule has 6 heteroatoms. The first-order chi connectivity index (χ1) is 10.5. The third-order valence-electron chi connectivity index (χ3n) is 3.68. The summed E-state index contributed by atoms with van der Waals surface area (Å²) in [5.41, 5.74) is 3.97. The summed E-state index contributed by atoms with van der Waals surface area (Å²) in [5.74, 6) is 0.744. The molecule has 3 rings (SSSR count). The van der Waals surface area contributed by atoms with Crippen LogP contribution in [0, 0.1) is 20.8 Å². The fourth-order valence-electron chi connectivity index (χ4n) is 2.44. The SMILES string of the molecule is Cc1ccn2c(=O)cc(COc3c(C)nn(C)c3C)nc2c1. The Kier molecular flexibility index (Phi) is 3.44. The lowest BCUT2D eigenvalue weighted by Crippen LogP contribution is -2.16. The van der Waals surface area contributed by atoms with Crippen LogP contribution in [0.4, 0.5) is 0 Å². The summed E-state index contributed by atoms with van der Waals surface area (Å²) in [6, 6.07) is 5.27. The molecule has 6 nitrogen and oxygen atoms in total. The molecule has 0 saturated heterocycles. The Balaban J connectivity index is 1.92. The van der Waals surface area contributed by atoms with E-state index >= 15 is 0 Å². The van der Waals surface area contributed by atoms with Gasteiger partial charge in [0.2, 0.25) is 0 Å². The fraction of sp³-hybridized carbons (Fsp3) is 0.312. The zero-order valence-electron chi connectivity index (χ0n) is 13.1. The predicted molar refractivity (Wildman–Crippen MR) is 83.2 cm³/mol. The Bertz CT molecular complexity index is 908. The van der Waals surface area contributed by atoms with Gasteiger partial charge in [-0.15, -0.1) is 0 Å². The first-order valence-corrected chi connectivity index (χ1v) is 7.07. The summed E-state index contributed by atoms with van der Waals surface area (Å²) in [6.07, 6.45) is 1.74. The molecule has 0 aliphatic carbocycles. The first kappa shape index (κ1) is 14.3. The van der Waals surface area contributed by atoms with Crippen molar-refractivity contribution < 1.29 is 4.74 Å². The minimum absolute atomic E-state index is 0.108. The Morgan fingerprint density at radius 2 is 2.00 bits per heavy atom. The molecule has 3 heterocycles. The zero-order valence-corrected chi connectivity index (χ0v) is 13.1. The largest absolute Gasteiger partial charge is 0.483 e. The second-order valence-corrected chi connectivity index (χ2v) is 5.43. The molecular formula is C16H18N4O2. The van der Waals surface area contributed by atoms with Crippen LogP contribution in [-0.2, 0) is 13.7 Å². The highest BCUT2D eigenvalue weighted by molar-refractivity contribution is 5.41. The van der Waals surface area contributed by atoms with E-state index < -0.39 is 0 Å². The minimum Gasteiger partial charge on any atom is -0.483 e. The summed E-state index contributed by atoms with van der Waals surface area (Å²) in [5, 5.41) is 4.31. The number of rotatable bonds is 3. The molecule has 3 aromatic heterocycles. The number of fused-ring (bicyclic) bond motifs is 1. The molecule has 0 aliphatic heterocycles. The van der Waals surface area contributed by atoms with Crippen LogP contribution in [0.1, 0.15) is 22.6 Å². The van der Waals surface area contributed by atoms with E-state index in [9.17, 15) is 4.79 Å². The highest BCUT2D eigenvalue weighted by Crippen LogP contribution is 2.22. The molecule has 0 saturated carbocycles. The lowest BCUT2D eigenvalue weighted by Gasteiger charge is -2.07. The van der Waals surface area contributed by atoms with Crippen molar-refractivity contribution in [3.63, 3.8) is 0 Å². The second kappa shape index (κ2) is 5.29. The van der Waals surface area contributed by atoms with E-state index in [4.69, 9.17) is 4.74 Å². The van der Waals surface area contributed by atoms with E-state index in [1.807, 2.05) is 40.0 Å². The van der Waals surface area contributed by atoms with Crippen LogP contribution in [-0.4, -0.2) is 19.2 Å². The van der Waals surface area contributed by atoms with E-state index in [-0.39, 0.29) is 12.2 Å². The quantitative estimate of drug-likeness (QED) is 0.741. The van der Waals surface area contributed by atoms with Gasteiger partial charge in [-0.05, 0) is 38.5 Å². The van der Waals surface area contributed by atoms with Gasteiger partial charge in [-0.3, -0.25) is 13.9 Å². The Labute approximate surface area is 128 Å². The van der Waals surface area contributed by atoms with E-state index in [0.717, 1.165) is 22.7 Å². The summed E-state index contributed by atoms with van der Waals surface area (Å²) in [7, 11) is 1.87. The Morgan fingerprint density at radius 1 is 1.23 bits per heavy atom. The molecule has 0 aromatic carbocycles. The van der Waals surface area contributed by atoms with Crippen LogP contribution in [0.3, 0.4) is 0 Å². The van der Waals surface area contributed by atoms with Gasteiger partial charge in [0.15, 0.2) is 5.75 Å². The third kappa shape index (κ3) is 2.47. The topological polar surface area (TPSA) is 61.4 Å². The lowest BCUT2D eigenvalue weighted by atomic mass is 10.3. The number of aryl methyl sites for hydroxylation is 3. The van der Waals surface area contributed by atoms with Crippen LogP contribution in [0.2, 0.25) is 0 Å². The summed E-state index contributed by atoms with van der Waals surface area (Å²) >= 11 is 0. The van der Waals surface area contributed by atoms with Crippen molar-refractivity contribution in [2.45, 2.75) is 27.4 Å². The molecule has 3 aromatic rings. The molecule has 0 N–H and O–H groups in total. The van der Waals surface area contributed by atoms with Crippen molar-refractivity contribution >= 4 is 5.65 Å². The predicted octanol–water partition coefficient (Wildman–Crippen LogP) is 1.93. The summed E-state index contributed by atoms with van der Waals surface area (Å²) in [6.45, 7) is 6.06. The lowest BCUT2D eigenvalue weighted by molar-refractivity contribution is 0.297. The van der Waals surface area contributed by atoms with E-state index in [1.54, 1.807) is 10.9 Å². The van der Waals surface area contributed by atoms with Crippen molar-refractivity contribution in [2.75, 3.05) is 0 Å². The van der Waals surface area contributed by atoms with Crippen LogP contribution in [0.5, 0.6) is 5.75 Å². The Morgan fingerprint density at radius 3 is 2.68 bits per heavy atom. The number of nitrogens with zero attached hydrogens (tertiary/aromatic N) is 4. The van der Waals surface area contributed by atoms with Crippen molar-refractivity contribution in [1.82, 2.24) is 19.2 Å². The maximum Gasteiger partial charge on any atom is 0.258 e. The van der Waals surface area contributed by atoms with E-state index in [1.165, 1.54) is 10.5 Å². The number of hydrogen-bond donors (Lipinski definition) is 0. The molecule has 0 aliphatic rings. The van der Waals surface area contributed by atoms with Crippen molar-refractivity contribution in [1.29, 1.82) is 0 Å². The standard InChI is InChI=1S/C16H18N4O2/c1-10-5-6-20-14(7-10)17-13(8-15(20)21)9-22-16-11(2)18-19(4)12(16)3/h5-8H,9H2,1-4H3. The molecule has 0 amide bonds. The van der Waals surface area contributed by atoms with Crippen molar-refractivity contribution in [2.24, 2.45) is 7.05 Å². The number of ether oxygens (including phenoxy) is 1. The first-order valence-electron chi connectivity index (χ1n) is 7.07. The normalized spacial score (nSPS) is 11.1. The smallest absolute Gasteiger partial charge is 0.258 e. The van der Waals surface area contributed by atoms with Crippen LogP contribution < -0.4 is 10.3 Å². The van der Waals surface area contributed by atoms with Gasteiger partial charge in [-0.2, -0.15) is 5.10 Å². The van der Waals surface area contributed by atoms with Crippen LogP contribution in [0.25, 0.3) is 5.65 Å². The number of hydrogen-bond acceptors (Lipinski definition) is 4. The van der Waals surface area contributed by atoms with Gasteiger partial charge in [0.1, 0.15) is 17.9 Å². The average molecular weight is 298 g/mol. The molecule has 0 unspecified atom stereocenters. The van der Waals surface area contributed by atoms with Crippen LogP contribution >= 0.6 is 0 Å². The highest BCUT2D eigenvalue weighted by atomic mass is 16.5. The maximum atomic E-state index is 12.1. The van der Waals surface area contributed by atoms with E-state index in [0.29, 0.717) is 11.3 Å². The summed E-state index contributed by atoms with van der Waals surface area (Å²) < 4.78 is 9.11. The van der Waals surface area contributed by atoms with Gasteiger partial charge in [-0.25, -0.2) is 4.98 Å². The van der Waals surface area contributed by atoms with Crippen LogP contribution in [0.15, 0.2) is 29.2 Å². The van der Waals surface area contributed by atoms with Gasteiger partial charge in [-0.1, -0.05) is 0 Å². The highest BCUT2D eigenvalue weighted by Gasteiger charge is 2.11.